The van der Waals surface area contributed by atoms with Gasteiger partial charge in [0.15, 0.2) is 11.5 Å². The monoisotopic (exact) mass is 401 g/mol. The molecule has 2 heterocycles. The summed E-state index contributed by atoms with van der Waals surface area (Å²) in [6, 6.07) is 8.42. The molecule has 1 amide bonds. The first-order valence-corrected chi connectivity index (χ1v) is 9.55. The summed E-state index contributed by atoms with van der Waals surface area (Å²) in [7, 11) is 3.12. The van der Waals surface area contributed by atoms with E-state index in [1.165, 1.54) is 10.7 Å². The molecule has 1 unspecified atom stereocenters. The highest BCUT2D eigenvalue weighted by Gasteiger charge is 2.29. The zero-order valence-corrected chi connectivity index (χ0v) is 17.2. The molecule has 1 atom stereocenters. The summed E-state index contributed by atoms with van der Waals surface area (Å²) in [4.78, 5) is 24.7. The first-order chi connectivity index (χ1) is 13.8. The Morgan fingerprint density at radius 2 is 2.00 bits per heavy atom. The number of methoxy groups -OCH3 is 2. The number of ether oxygens (including phenoxy) is 3. The highest BCUT2D eigenvalue weighted by molar-refractivity contribution is 5.76. The van der Waals surface area contributed by atoms with Gasteiger partial charge in [-0.15, -0.1) is 0 Å². The summed E-state index contributed by atoms with van der Waals surface area (Å²) >= 11 is 0. The van der Waals surface area contributed by atoms with E-state index in [4.69, 9.17) is 14.2 Å². The van der Waals surface area contributed by atoms with Crippen LogP contribution in [0.2, 0.25) is 0 Å². The summed E-state index contributed by atoms with van der Waals surface area (Å²) in [6.07, 6.45) is 1.48. The largest absolute Gasteiger partial charge is 0.493 e. The zero-order valence-electron chi connectivity index (χ0n) is 17.2. The Labute approximate surface area is 169 Å². The summed E-state index contributed by atoms with van der Waals surface area (Å²) in [6.45, 7) is 4.47. The van der Waals surface area contributed by atoms with Crippen LogP contribution in [-0.4, -0.2) is 48.2 Å². The molecule has 0 radical (unpaired) electrons. The summed E-state index contributed by atoms with van der Waals surface area (Å²) < 4.78 is 17.4. The highest BCUT2D eigenvalue weighted by atomic mass is 16.5. The lowest BCUT2D eigenvalue weighted by Crippen LogP contribution is -2.47. The summed E-state index contributed by atoms with van der Waals surface area (Å²) in [5.74, 6) is 0.916. The van der Waals surface area contributed by atoms with E-state index in [0.717, 1.165) is 18.4 Å². The maximum absolute atomic E-state index is 12.5. The van der Waals surface area contributed by atoms with E-state index in [2.05, 4.69) is 10.4 Å². The Kier molecular flexibility index (Phi) is 6.22. The van der Waals surface area contributed by atoms with Gasteiger partial charge in [0.1, 0.15) is 6.54 Å². The Bertz CT molecular complexity index is 938. The van der Waals surface area contributed by atoms with Crippen molar-refractivity contribution in [2.75, 3.05) is 20.8 Å². The SMILES string of the molecule is COc1ccc(-c2ccc(=O)n(CC(=O)NC3CCOC(C)(C)C3)n2)cc1OC. The van der Waals surface area contributed by atoms with Gasteiger partial charge in [0.05, 0.1) is 25.5 Å². The highest BCUT2D eigenvalue weighted by Crippen LogP contribution is 2.31. The van der Waals surface area contributed by atoms with E-state index < -0.39 is 0 Å². The number of hydrogen-bond donors (Lipinski definition) is 1. The molecule has 3 rings (SSSR count). The average Bonchev–Trinajstić information content (AvgIpc) is 2.68. The van der Waals surface area contributed by atoms with Crippen LogP contribution in [0.25, 0.3) is 11.3 Å². The lowest BCUT2D eigenvalue weighted by atomic mass is 9.94. The molecule has 156 valence electrons. The number of aromatic nitrogens is 2. The molecule has 1 saturated heterocycles. The average molecular weight is 401 g/mol. The molecular formula is C21H27N3O5. The van der Waals surface area contributed by atoms with Crippen molar-refractivity contribution in [2.45, 2.75) is 44.9 Å². The van der Waals surface area contributed by atoms with Crippen LogP contribution in [0.3, 0.4) is 0 Å². The van der Waals surface area contributed by atoms with Gasteiger partial charge in [-0.3, -0.25) is 9.59 Å². The third-order valence-corrected chi connectivity index (χ3v) is 4.90. The van der Waals surface area contributed by atoms with Crippen molar-refractivity contribution in [3.63, 3.8) is 0 Å². The Hall–Kier alpha value is -2.87. The van der Waals surface area contributed by atoms with Crippen molar-refractivity contribution in [2.24, 2.45) is 0 Å². The van der Waals surface area contributed by atoms with Crippen molar-refractivity contribution >= 4 is 5.91 Å². The van der Waals surface area contributed by atoms with Crippen LogP contribution >= 0.6 is 0 Å². The molecule has 1 aliphatic heterocycles. The summed E-state index contributed by atoms with van der Waals surface area (Å²) in [5.41, 5.74) is 0.712. The van der Waals surface area contributed by atoms with Crippen molar-refractivity contribution < 1.29 is 19.0 Å². The van der Waals surface area contributed by atoms with Crippen LogP contribution in [0.5, 0.6) is 11.5 Å². The first kappa shape index (κ1) is 20.9. The van der Waals surface area contributed by atoms with Crippen LogP contribution in [0.1, 0.15) is 26.7 Å². The number of carbonyl (C=O) groups is 1. The fourth-order valence-electron chi connectivity index (χ4n) is 3.48. The summed E-state index contributed by atoms with van der Waals surface area (Å²) in [5, 5.41) is 7.34. The first-order valence-electron chi connectivity index (χ1n) is 9.55. The van der Waals surface area contributed by atoms with Crippen LogP contribution in [0, 0.1) is 0 Å². The van der Waals surface area contributed by atoms with Gasteiger partial charge in [0.25, 0.3) is 5.56 Å². The number of amides is 1. The quantitative estimate of drug-likeness (QED) is 0.796. The number of nitrogens with one attached hydrogen (secondary N) is 1. The maximum Gasteiger partial charge on any atom is 0.267 e. The van der Waals surface area contributed by atoms with E-state index in [-0.39, 0.29) is 29.7 Å². The van der Waals surface area contributed by atoms with Crippen molar-refractivity contribution in [1.82, 2.24) is 15.1 Å². The fraction of sp³-hybridized carbons (Fsp3) is 0.476. The van der Waals surface area contributed by atoms with Crippen molar-refractivity contribution in [1.29, 1.82) is 0 Å². The minimum atomic E-state index is -0.336. The third-order valence-electron chi connectivity index (χ3n) is 4.90. The van der Waals surface area contributed by atoms with Crippen LogP contribution < -0.4 is 20.3 Å². The Balaban J connectivity index is 1.76. The molecular weight excluding hydrogens is 374 g/mol. The molecule has 1 aliphatic rings. The number of nitrogens with zero attached hydrogens (tertiary/aromatic N) is 2. The molecule has 1 fully saturated rings. The van der Waals surface area contributed by atoms with E-state index in [0.29, 0.717) is 23.8 Å². The molecule has 0 saturated carbocycles. The minimum Gasteiger partial charge on any atom is -0.493 e. The molecule has 0 spiro atoms. The number of hydrogen-bond acceptors (Lipinski definition) is 6. The van der Waals surface area contributed by atoms with E-state index in [1.807, 2.05) is 19.9 Å². The van der Waals surface area contributed by atoms with Gasteiger partial charge in [-0.2, -0.15) is 5.10 Å². The van der Waals surface area contributed by atoms with Crippen LogP contribution in [0.15, 0.2) is 35.1 Å². The number of rotatable bonds is 6. The Morgan fingerprint density at radius 1 is 1.24 bits per heavy atom. The van der Waals surface area contributed by atoms with Gasteiger partial charge < -0.3 is 19.5 Å². The van der Waals surface area contributed by atoms with Gasteiger partial charge >= 0.3 is 0 Å². The number of benzene rings is 1. The maximum atomic E-state index is 12.5. The number of carbonyl (C=O) groups excluding carboxylic acids is 1. The molecule has 0 aliphatic carbocycles. The third kappa shape index (κ3) is 5.14. The van der Waals surface area contributed by atoms with E-state index >= 15 is 0 Å². The van der Waals surface area contributed by atoms with Gasteiger partial charge in [-0.25, -0.2) is 4.68 Å². The normalized spacial score (nSPS) is 18.1. The van der Waals surface area contributed by atoms with Gasteiger partial charge in [0.2, 0.25) is 5.91 Å². The molecule has 8 nitrogen and oxygen atoms in total. The Morgan fingerprint density at radius 3 is 2.69 bits per heavy atom. The lowest BCUT2D eigenvalue weighted by Gasteiger charge is -2.35. The second kappa shape index (κ2) is 8.65. The predicted octanol–water partition coefficient (Wildman–Crippen LogP) is 2.00. The molecule has 1 N–H and O–H groups in total. The van der Waals surface area contributed by atoms with Gasteiger partial charge in [-0.05, 0) is 51.0 Å². The van der Waals surface area contributed by atoms with Crippen molar-refractivity contribution in [3.05, 3.63) is 40.7 Å². The van der Waals surface area contributed by atoms with Crippen molar-refractivity contribution in [3.8, 4) is 22.8 Å². The van der Waals surface area contributed by atoms with Gasteiger partial charge in [-0.1, -0.05) is 0 Å². The standard InChI is InChI=1S/C21H27N3O5/c1-21(2)12-15(9-10-29-21)22-19(25)13-24-20(26)8-6-16(23-24)14-5-7-17(27-3)18(11-14)28-4/h5-8,11,15H,9-10,12-13H2,1-4H3,(H,22,25). The van der Waals surface area contributed by atoms with E-state index in [1.54, 1.807) is 32.4 Å². The zero-order chi connectivity index (χ0) is 21.0. The second-order valence-corrected chi connectivity index (χ2v) is 7.65. The predicted molar refractivity (Wildman–Crippen MR) is 108 cm³/mol. The molecule has 2 aromatic rings. The fourth-order valence-corrected chi connectivity index (χ4v) is 3.48. The van der Waals surface area contributed by atoms with Crippen LogP contribution in [-0.2, 0) is 16.1 Å². The molecule has 1 aromatic heterocycles. The smallest absolute Gasteiger partial charge is 0.267 e. The molecule has 0 bridgehead atoms. The minimum absolute atomic E-state index is 0.0241. The van der Waals surface area contributed by atoms with Crippen LogP contribution in [0.4, 0.5) is 0 Å². The molecule has 8 heteroatoms. The lowest BCUT2D eigenvalue weighted by molar-refractivity contribution is -0.124. The molecule has 29 heavy (non-hydrogen) atoms. The van der Waals surface area contributed by atoms with Gasteiger partial charge in [0, 0.05) is 24.3 Å². The second-order valence-electron chi connectivity index (χ2n) is 7.65. The topological polar surface area (TPSA) is 91.7 Å². The van der Waals surface area contributed by atoms with E-state index in [9.17, 15) is 9.59 Å². The molecule has 1 aromatic carbocycles.